The van der Waals surface area contributed by atoms with E-state index >= 15 is 0 Å². The average Bonchev–Trinajstić information content (AvgIpc) is 2.77. The van der Waals surface area contributed by atoms with Gasteiger partial charge in [-0.2, -0.15) is 0 Å². The Labute approximate surface area is 119 Å². The SMILES string of the molecule is C#CCn1c(CCNC(=O)C(C)C)nc2ccccc21. The van der Waals surface area contributed by atoms with Crippen LogP contribution in [0.15, 0.2) is 24.3 Å². The smallest absolute Gasteiger partial charge is 0.222 e. The molecule has 0 radical (unpaired) electrons. The summed E-state index contributed by atoms with van der Waals surface area (Å²) in [6.07, 6.45) is 6.10. The van der Waals surface area contributed by atoms with Crippen molar-refractivity contribution in [1.82, 2.24) is 14.9 Å². The third-order valence-electron chi connectivity index (χ3n) is 3.16. The van der Waals surface area contributed by atoms with Crippen molar-refractivity contribution >= 4 is 16.9 Å². The van der Waals surface area contributed by atoms with Crippen molar-refractivity contribution in [2.75, 3.05) is 6.54 Å². The fourth-order valence-corrected chi connectivity index (χ4v) is 2.09. The molecule has 2 aromatic rings. The van der Waals surface area contributed by atoms with Crippen molar-refractivity contribution in [3.8, 4) is 12.3 Å². The Hall–Kier alpha value is -2.28. The van der Waals surface area contributed by atoms with Gasteiger partial charge in [0, 0.05) is 18.9 Å². The van der Waals surface area contributed by atoms with E-state index in [-0.39, 0.29) is 11.8 Å². The van der Waals surface area contributed by atoms with E-state index in [1.165, 1.54) is 0 Å². The molecule has 0 aliphatic heterocycles. The van der Waals surface area contributed by atoms with Crippen molar-refractivity contribution < 1.29 is 4.79 Å². The van der Waals surface area contributed by atoms with E-state index in [0.717, 1.165) is 16.9 Å². The summed E-state index contributed by atoms with van der Waals surface area (Å²) in [6.45, 7) is 4.82. The Morgan fingerprint density at radius 1 is 1.45 bits per heavy atom. The van der Waals surface area contributed by atoms with Crippen LogP contribution in [-0.2, 0) is 17.8 Å². The fourth-order valence-electron chi connectivity index (χ4n) is 2.09. The van der Waals surface area contributed by atoms with E-state index in [2.05, 4.69) is 16.2 Å². The lowest BCUT2D eigenvalue weighted by Crippen LogP contribution is -2.30. The zero-order valence-electron chi connectivity index (χ0n) is 11.9. The summed E-state index contributed by atoms with van der Waals surface area (Å²) in [7, 11) is 0. The number of carbonyl (C=O) groups excluding carboxylic acids is 1. The lowest BCUT2D eigenvalue weighted by Gasteiger charge is -2.08. The van der Waals surface area contributed by atoms with E-state index in [9.17, 15) is 4.79 Å². The Balaban J connectivity index is 2.15. The van der Waals surface area contributed by atoms with Gasteiger partial charge in [0.15, 0.2) is 0 Å². The number of fused-ring (bicyclic) bond motifs is 1. The van der Waals surface area contributed by atoms with Gasteiger partial charge in [-0.1, -0.05) is 31.9 Å². The molecule has 0 fully saturated rings. The highest BCUT2D eigenvalue weighted by molar-refractivity contribution is 5.78. The number of benzene rings is 1. The number of amides is 1. The van der Waals surface area contributed by atoms with Crippen molar-refractivity contribution in [3.63, 3.8) is 0 Å². The van der Waals surface area contributed by atoms with Crippen LogP contribution in [-0.4, -0.2) is 22.0 Å². The quantitative estimate of drug-likeness (QED) is 0.844. The van der Waals surface area contributed by atoms with E-state index in [0.29, 0.717) is 19.5 Å². The van der Waals surface area contributed by atoms with E-state index in [1.807, 2.05) is 42.7 Å². The van der Waals surface area contributed by atoms with Crippen molar-refractivity contribution in [2.24, 2.45) is 5.92 Å². The van der Waals surface area contributed by atoms with Crippen LogP contribution in [0, 0.1) is 18.3 Å². The van der Waals surface area contributed by atoms with Crippen LogP contribution in [0.1, 0.15) is 19.7 Å². The van der Waals surface area contributed by atoms with Crippen LogP contribution < -0.4 is 5.32 Å². The molecule has 0 unspecified atom stereocenters. The van der Waals surface area contributed by atoms with Gasteiger partial charge in [-0.05, 0) is 12.1 Å². The number of rotatable bonds is 5. The number of aromatic nitrogens is 2. The van der Waals surface area contributed by atoms with Gasteiger partial charge < -0.3 is 9.88 Å². The number of hydrogen-bond acceptors (Lipinski definition) is 2. The van der Waals surface area contributed by atoms with Gasteiger partial charge in [-0.25, -0.2) is 4.98 Å². The molecule has 0 aliphatic carbocycles. The van der Waals surface area contributed by atoms with Crippen LogP contribution in [0.2, 0.25) is 0 Å². The molecular weight excluding hydrogens is 250 g/mol. The van der Waals surface area contributed by atoms with Gasteiger partial charge in [0.1, 0.15) is 5.82 Å². The third kappa shape index (κ3) is 3.00. The van der Waals surface area contributed by atoms with Gasteiger partial charge in [0.2, 0.25) is 5.91 Å². The second-order valence-electron chi connectivity index (χ2n) is 5.00. The maximum Gasteiger partial charge on any atom is 0.222 e. The molecule has 1 aromatic carbocycles. The predicted molar refractivity (Wildman–Crippen MR) is 80.1 cm³/mol. The van der Waals surface area contributed by atoms with Crippen LogP contribution in [0.5, 0.6) is 0 Å². The number of terminal acetylenes is 1. The summed E-state index contributed by atoms with van der Waals surface area (Å²) in [6, 6.07) is 7.91. The molecule has 1 amide bonds. The summed E-state index contributed by atoms with van der Waals surface area (Å²) >= 11 is 0. The molecule has 20 heavy (non-hydrogen) atoms. The summed E-state index contributed by atoms with van der Waals surface area (Å²) < 4.78 is 2.02. The van der Waals surface area contributed by atoms with E-state index < -0.39 is 0 Å². The number of hydrogen-bond donors (Lipinski definition) is 1. The fraction of sp³-hybridized carbons (Fsp3) is 0.375. The average molecular weight is 269 g/mol. The van der Waals surface area contributed by atoms with Crippen LogP contribution in [0.4, 0.5) is 0 Å². The number of nitrogens with one attached hydrogen (secondary N) is 1. The van der Waals surface area contributed by atoms with Crippen LogP contribution in [0.3, 0.4) is 0 Å². The zero-order chi connectivity index (χ0) is 14.5. The molecule has 0 bridgehead atoms. The minimum absolute atomic E-state index is 0.000439. The summed E-state index contributed by atoms with van der Waals surface area (Å²) in [5.41, 5.74) is 1.98. The normalized spacial score (nSPS) is 10.7. The molecule has 1 N–H and O–H groups in total. The van der Waals surface area contributed by atoms with Gasteiger partial charge in [-0.3, -0.25) is 4.79 Å². The number of imidazole rings is 1. The number of nitrogens with zero attached hydrogens (tertiary/aromatic N) is 2. The molecule has 4 nitrogen and oxygen atoms in total. The standard InChI is InChI=1S/C16H19N3O/c1-4-11-19-14-8-6-5-7-13(14)18-15(19)9-10-17-16(20)12(2)3/h1,5-8,12H,9-11H2,2-3H3,(H,17,20). The molecule has 1 aromatic heterocycles. The van der Waals surface area contributed by atoms with Crippen LogP contribution >= 0.6 is 0 Å². The molecule has 1 heterocycles. The van der Waals surface area contributed by atoms with Gasteiger partial charge >= 0.3 is 0 Å². The first-order valence-electron chi connectivity index (χ1n) is 6.78. The van der Waals surface area contributed by atoms with Gasteiger partial charge in [0.25, 0.3) is 0 Å². The lowest BCUT2D eigenvalue weighted by molar-refractivity contribution is -0.123. The first kappa shape index (κ1) is 14.1. The first-order chi connectivity index (χ1) is 9.63. The second kappa shape index (κ2) is 6.25. The Morgan fingerprint density at radius 2 is 2.20 bits per heavy atom. The lowest BCUT2D eigenvalue weighted by atomic mass is 10.2. The molecule has 2 rings (SSSR count). The largest absolute Gasteiger partial charge is 0.355 e. The summed E-state index contributed by atoms with van der Waals surface area (Å²) in [4.78, 5) is 16.1. The molecule has 0 aliphatic rings. The van der Waals surface area contributed by atoms with E-state index in [1.54, 1.807) is 0 Å². The van der Waals surface area contributed by atoms with Gasteiger partial charge in [-0.15, -0.1) is 6.42 Å². The topological polar surface area (TPSA) is 46.9 Å². The maximum absolute atomic E-state index is 11.5. The molecule has 0 spiro atoms. The van der Waals surface area contributed by atoms with Crippen molar-refractivity contribution in [2.45, 2.75) is 26.8 Å². The van der Waals surface area contributed by atoms with E-state index in [4.69, 9.17) is 6.42 Å². The first-order valence-corrected chi connectivity index (χ1v) is 6.78. The van der Waals surface area contributed by atoms with Crippen LogP contribution in [0.25, 0.3) is 11.0 Å². The number of para-hydroxylation sites is 2. The summed E-state index contributed by atoms with van der Waals surface area (Å²) in [5, 5.41) is 2.90. The Bertz CT molecular complexity index is 649. The van der Waals surface area contributed by atoms with Crippen molar-refractivity contribution in [1.29, 1.82) is 0 Å². The minimum Gasteiger partial charge on any atom is -0.355 e. The minimum atomic E-state index is -0.000439. The third-order valence-corrected chi connectivity index (χ3v) is 3.16. The van der Waals surface area contributed by atoms with Gasteiger partial charge in [0.05, 0.1) is 17.6 Å². The highest BCUT2D eigenvalue weighted by Gasteiger charge is 2.10. The molecule has 0 atom stereocenters. The molecule has 0 saturated heterocycles. The molecule has 104 valence electrons. The van der Waals surface area contributed by atoms with Crippen molar-refractivity contribution in [3.05, 3.63) is 30.1 Å². The number of carbonyl (C=O) groups is 1. The summed E-state index contributed by atoms with van der Waals surface area (Å²) in [5.74, 6) is 3.63. The highest BCUT2D eigenvalue weighted by Crippen LogP contribution is 2.16. The zero-order valence-corrected chi connectivity index (χ0v) is 11.9. The highest BCUT2D eigenvalue weighted by atomic mass is 16.1. The monoisotopic (exact) mass is 269 g/mol. The Kier molecular flexibility index (Phi) is 4.41. The molecule has 0 saturated carbocycles. The Morgan fingerprint density at radius 3 is 2.90 bits per heavy atom. The predicted octanol–water partition coefficient (Wildman–Crippen LogP) is 1.98. The molecular formula is C16H19N3O. The second-order valence-corrected chi connectivity index (χ2v) is 5.00. The molecule has 4 heteroatoms. The maximum atomic E-state index is 11.5.